The van der Waals surface area contributed by atoms with Gasteiger partial charge in [-0.3, -0.25) is 4.99 Å². The Morgan fingerprint density at radius 1 is 1.32 bits per heavy atom. The summed E-state index contributed by atoms with van der Waals surface area (Å²) in [5.74, 6) is 1.70. The largest absolute Gasteiger partial charge is 0.497 e. The summed E-state index contributed by atoms with van der Waals surface area (Å²) in [6.45, 7) is 6.40. The van der Waals surface area contributed by atoms with E-state index >= 15 is 0 Å². The first-order valence-corrected chi connectivity index (χ1v) is 10.1. The van der Waals surface area contributed by atoms with Crippen LogP contribution in [0.15, 0.2) is 34.6 Å². The smallest absolute Gasteiger partial charge is 0.191 e. The summed E-state index contributed by atoms with van der Waals surface area (Å²) in [4.78, 5) is 11.5. The lowest BCUT2D eigenvalue weighted by atomic mass is 10.1. The highest BCUT2D eigenvalue weighted by Gasteiger charge is 2.15. The Kier molecular flexibility index (Phi) is 11.4. The number of aliphatic imine (C=N–C) groups is 1. The zero-order valence-electron chi connectivity index (χ0n) is 17.4. The first-order valence-electron chi connectivity index (χ1n) is 9.27. The van der Waals surface area contributed by atoms with E-state index in [4.69, 9.17) is 9.73 Å². The molecule has 2 N–H and O–H groups in total. The molecule has 1 aromatic heterocycles. The van der Waals surface area contributed by atoms with E-state index in [9.17, 15) is 0 Å². The minimum atomic E-state index is 0. The van der Waals surface area contributed by atoms with E-state index in [1.165, 1.54) is 5.56 Å². The summed E-state index contributed by atoms with van der Waals surface area (Å²) in [5, 5.41) is 9.95. The van der Waals surface area contributed by atoms with Crippen molar-refractivity contribution in [2.24, 2.45) is 4.99 Å². The summed E-state index contributed by atoms with van der Waals surface area (Å²) in [6.07, 6.45) is 0.891. The third-order valence-electron chi connectivity index (χ3n) is 4.21. The second kappa shape index (κ2) is 12.9. The highest BCUT2D eigenvalue weighted by molar-refractivity contribution is 14.0. The molecule has 1 aromatic carbocycles. The molecule has 0 spiro atoms. The molecule has 8 heteroatoms. The number of guanidine groups is 1. The average Bonchev–Trinajstić information content (AvgIpc) is 3.07. The Morgan fingerprint density at radius 3 is 2.71 bits per heavy atom. The molecule has 28 heavy (non-hydrogen) atoms. The molecule has 0 fully saturated rings. The Morgan fingerprint density at radius 2 is 2.11 bits per heavy atom. The summed E-state index contributed by atoms with van der Waals surface area (Å²) < 4.78 is 5.36. The first-order chi connectivity index (χ1) is 13.0. The number of benzene rings is 1. The molecule has 0 bridgehead atoms. The number of nitrogens with one attached hydrogen (secondary N) is 2. The molecule has 2 aromatic rings. The lowest BCUT2D eigenvalue weighted by Gasteiger charge is -2.24. The van der Waals surface area contributed by atoms with Crippen LogP contribution >= 0.6 is 35.3 Å². The topological polar surface area (TPSA) is 61.8 Å². The molecule has 0 amide bonds. The molecular weight excluding hydrogens is 485 g/mol. The molecule has 1 heterocycles. The van der Waals surface area contributed by atoms with Crippen LogP contribution in [0.4, 0.5) is 0 Å². The Hall–Kier alpha value is -1.39. The van der Waals surface area contributed by atoms with Crippen molar-refractivity contribution in [3.05, 3.63) is 45.9 Å². The van der Waals surface area contributed by atoms with Gasteiger partial charge in [0.2, 0.25) is 0 Å². The van der Waals surface area contributed by atoms with Crippen molar-refractivity contribution in [1.82, 2.24) is 20.5 Å². The number of likely N-dealkylation sites (N-methyl/N-ethyl adjacent to an activating group) is 1. The van der Waals surface area contributed by atoms with E-state index < -0.39 is 0 Å². The summed E-state index contributed by atoms with van der Waals surface area (Å²) in [7, 11) is 5.84. The molecule has 0 radical (unpaired) electrons. The van der Waals surface area contributed by atoms with E-state index in [1.54, 1.807) is 18.4 Å². The van der Waals surface area contributed by atoms with Crippen LogP contribution in [0, 0.1) is 6.92 Å². The van der Waals surface area contributed by atoms with Gasteiger partial charge in [0.1, 0.15) is 5.75 Å². The molecule has 6 nitrogen and oxygen atoms in total. The zero-order chi connectivity index (χ0) is 19.6. The number of halogens is 1. The van der Waals surface area contributed by atoms with Gasteiger partial charge in [-0.1, -0.05) is 12.1 Å². The lowest BCUT2D eigenvalue weighted by Crippen LogP contribution is -2.39. The molecule has 0 aliphatic carbocycles. The highest BCUT2D eigenvalue weighted by atomic mass is 127. The fourth-order valence-corrected chi connectivity index (χ4v) is 3.41. The standard InChI is InChI=1S/C20H31N5OS.HI/c1-6-21-20(22-11-10-17-14-27-15(2)24-17)23-13-19(25(3)4)16-8-7-9-18(12-16)26-5;/h7-9,12,14,19H,6,10-11,13H2,1-5H3,(H2,21,22,23);1H. The molecule has 156 valence electrons. The monoisotopic (exact) mass is 517 g/mol. The van der Waals surface area contributed by atoms with Gasteiger partial charge in [-0.15, -0.1) is 35.3 Å². The molecule has 1 unspecified atom stereocenters. The maximum Gasteiger partial charge on any atom is 0.191 e. The predicted molar refractivity (Wildman–Crippen MR) is 129 cm³/mol. The number of aromatic nitrogens is 1. The van der Waals surface area contributed by atoms with Gasteiger partial charge in [-0.2, -0.15) is 0 Å². The van der Waals surface area contributed by atoms with Crippen LogP contribution < -0.4 is 15.4 Å². The van der Waals surface area contributed by atoms with Gasteiger partial charge in [0.25, 0.3) is 0 Å². The van der Waals surface area contributed by atoms with Crippen LogP contribution in [0.5, 0.6) is 5.75 Å². The Balaban J connectivity index is 0.00000392. The third kappa shape index (κ3) is 7.92. The zero-order valence-corrected chi connectivity index (χ0v) is 20.5. The molecule has 1 atom stereocenters. The third-order valence-corrected chi connectivity index (χ3v) is 5.03. The molecule has 0 saturated heterocycles. The number of methoxy groups -OCH3 is 1. The van der Waals surface area contributed by atoms with Crippen LogP contribution in [0.2, 0.25) is 0 Å². The van der Waals surface area contributed by atoms with Crippen LogP contribution in [0.25, 0.3) is 0 Å². The van der Waals surface area contributed by atoms with Crippen molar-refractivity contribution >= 4 is 41.3 Å². The van der Waals surface area contributed by atoms with Gasteiger partial charge in [0.05, 0.1) is 30.4 Å². The van der Waals surface area contributed by atoms with Crippen LogP contribution in [-0.2, 0) is 6.42 Å². The van der Waals surface area contributed by atoms with Crippen molar-refractivity contribution < 1.29 is 4.74 Å². The van der Waals surface area contributed by atoms with Crippen molar-refractivity contribution in [3.63, 3.8) is 0 Å². The molecular formula is C20H32IN5OS. The second-order valence-electron chi connectivity index (χ2n) is 6.51. The minimum absolute atomic E-state index is 0. The van der Waals surface area contributed by atoms with Gasteiger partial charge in [0, 0.05) is 24.9 Å². The number of aryl methyl sites for hydroxylation is 1. The number of ether oxygens (including phenoxy) is 1. The van der Waals surface area contributed by atoms with E-state index in [0.29, 0.717) is 6.54 Å². The van der Waals surface area contributed by atoms with Gasteiger partial charge in [0.15, 0.2) is 5.96 Å². The normalized spacial score (nSPS) is 12.4. The molecule has 2 rings (SSSR count). The summed E-state index contributed by atoms with van der Waals surface area (Å²) in [5.41, 5.74) is 2.32. The molecule has 0 saturated carbocycles. The fourth-order valence-electron chi connectivity index (χ4n) is 2.77. The minimum Gasteiger partial charge on any atom is -0.497 e. The predicted octanol–water partition coefficient (Wildman–Crippen LogP) is 3.48. The summed E-state index contributed by atoms with van der Waals surface area (Å²) in [6, 6.07) is 8.36. The van der Waals surface area contributed by atoms with E-state index in [-0.39, 0.29) is 30.0 Å². The van der Waals surface area contributed by atoms with Crippen molar-refractivity contribution in [2.75, 3.05) is 40.8 Å². The number of nitrogens with zero attached hydrogens (tertiary/aromatic N) is 3. The van der Waals surface area contributed by atoms with Gasteiger partial charge < -0.3 is 20.3 Å². The van der Waals surface area contributed by atoms with Crippen LogP contribution in [0.1, 0.15) is 29.2 Å². The quantitative estimate of drug-likeness (QED) is 0.303. The van der Waals surface area contributed by atoms with E-state index in [2.05, 4.69) is 59.0 Å². The number of thiazole rings is 1. The van der Waals surface area contributed by atoms with Gasteiger partial charge in [-0.05, 0) is 45.6 Å². The molecule has 0 aliphatic heterocycles. The Labute approximate surface area is 189 Å². The maximum atomic E-state index is 5.36. The average molecular weight is 517 g/mol. The number of rotatable bonds is 9. The van der Waals surface area contributed by atoms with Crippen molar-refractivity contribution in [3.8, 4) is 5.75 Å². The lowest BCUT2D eigenvalue weighted by molar-refractivity contribution is 0.305. The van der Waals surface area contributed by atoms with Crippen molar-refractivity contribution in [1.29, 1.82) is 0 Å². The highest BCUT2D eigenvalue weighted by Crippen LogP contribution is 2.22. The second-order valence-corrected chi connectivity index (χ2v) is 7.57. The first kappa shape index (κ1) is 24.6. The number of hydrogen-bond donors (Lipinski definition) is 2. The van der Waals surface area contributed by atoms with Crippen LogP contribution in [-0.4, -0.2) is 56.7 Å². The fraction of sp³-hybridized carbons (Fsp3) is 0.500. The summed E-state index contributed by atoms with van der Waals surface area (Å²) >= 11 is 1.69. The molecule has 0 aliphatic rings. The van der Waals surface area contributed by atoms with E-state index in [1.807, 2.05) is 19.1 Å². The SMILES string of the molecule is CCNC(=NCC(c1cccc(OC)c1)N(C)C)NCCc1csc(C)n1.I. The number of hydrogen-bond acceptors (Lipinski definition) is 5. The van der Waals surface area contributed by atoms with Crippen molar-refractivity contribution in [2.45, 2.75) is 26.3 Å². The van der Waals surface area contributed by atoms with Crippen LogP contribution in [0.3, 0.4) is 0 Å². The Bertz CT molecular complexity index is 735. The maximum absolute atomic E-state index is 5.36. The van der Waals surface area contributed by atoms with Gasteiger partial charge >= 0.3 is 0 Å². The van der Waals surface area contributed by atoms with E-state index in [0.717, 1.165) is 41.9 Å². The van der Waals surface area contributed by atoms with Gasteiger partial charge in [-0.25, -0.2) is 4.98 Å².